The van der Waals surface area contributed by atoms with Gasteiger partial charge >= 0.3 is 0 Å². The maximum absolute atomic E-state index is 5.78. The van der Waals surface area contributed by atoms with Crippen LogP contribution in [0.25, 0.3) is 0 Å². The zero-order valence-electron chi connectivity index (χ0n) is 9.53. The molecule has 0 bridgehead atoms. The molecule has 0 aromatic carbocycles. The third kappa shape index (κ3) is 2.66. The summed E-state index contributed by atoms with van der Waals surface area (Å²) in [7, 11) is 1.76. The van der Waals surface area contributed by atoms with Crippen molar-refractivity contribution < 1.29 is 4.74 Å². The van der Waals surface area contributed by atoms with E-state index in [1.54, 1.807) is 7.11 Å². The molecule has 16 heavy (non-hydrogen) atoms. The monoisotopic (exact) mass is 240 g/mol. The van der Waals surface area contributed by atoms with Gasteiger partial charge in [0.1, 0.15) is 0 Å². The van der Waals surface area contributed by atoms with E-state index >= 15 is 0 Å². The number of ether oxygens (including phenoxy) is 1. The largest absolute Gasteiger partial charge is 0.384 e. The van der Waals surface area contributed by atoms with Crippen LogP contribution >= 0.6 is 11.6 Å². The van der Waals surface area contributed by atoms with Gasteiger partial charge < -0.3 is 9.64 Å². The molecule has 88 valence electrons. The van der Waals surface area contributed by atoms with Crippen molar-refractivity contribution >= 4 is 17.3 Å². The Morgan fingerprint density at radius 2 is 2.50 bits per heavy atom. The number of aromatic nitrogens is 1. The molecule has 0 amide bonds. The maximum atomic E-state index is 5.78. The van der Waals surface area contributed by atoms with Crippen molar-refractivity contribution in [2.24, 2.45) is 5.92 Å². The summed E-state index contributed by atoms with van der Waals surface area (Å²) in [6.07, 6.45) is 3.03. The zero-order valence-corrected chi connectivity index (χ0v) is 10.3. The van der Waals surface area contributed by atoms with Crippen LogP contribution in [0.4, 0.5) is 5.69 Å². The highest BCUT2D eigenvalue weighted by Gasteiger charge is 2.22. The van der Waals surface area contributed by atoms with E-state index in [4.69, 9.17) is 16.3 Å². The van der Waals surface area contributed by atoms with Gasteiger partial charge in [-0.1, -0.05) is 0 Å². The van der Waals surface area contributed by atoms with Gasteiger partial charge in [0.25, 0.3) is 0 Å². The van der Waals surface area contributed by atoms with Crippen molar-refractivity contribution in [1.29, 1.82) is 0 Å². The first-order valence-corrected chi connectivity index (χ1v) is 6.11. The van der Waals surface area contributed by atoms with Crippen molar-refractivity contribution in [2.75, 3.05) is 31.7 Å². The highest BCUT2D eigenvalue weighted by Crippen LogP contribution is 2.24. The Morgan fingerprint density at radius 1 is 1.62 bits per heavy atom. The van der Waals surface area contributed by atoms with Gasteiger partial charge in [0.15, 0.2) is 0 Å². The van der Waals surface area contributed by atoms with Gasteiger partial charge in [0, 0.05) is 38.0 Å². The number of rotatable bonds is 4. The van der Waals surface area contributed by atoms with Gasteiger partial charge in [-0.3, -0.25) is 4.98 Å². The van der Waals surface area contributed by atoms with E-state index in [9.17, 15) is 0 Å². The number of hydrogen-bond donors (Lipinski definition) is 0. The molecular weight excluding hydrogens is 224 g/mol. The number of hydrogen-bond acceptors (Lipinski definition) is 3. The van der Waals surface area contributed by atoms with Gasteiger partial charge in [-0.05, 0) is 18.6 Å². The molecule has 1 atom stereocenters. The van der Waals surface area contributed by atoms with Crippen molar-refractivity contribution in [2.45, 2.75) is 12.3 Å². The normalized spacial score (nSPS) is 20.4. The molecular formula is C12H17ClN2O. The summed E-state index contributed by atoms with van der Waals surface area (Å²) in [6.45, 7) is 3.02. The van der Waals surface area contributed by atoms with E-state index in [0.29, 0.717) is 11.8 Å². The zero-order chi connectivity index (χ0) is 11.4. The fraction of sp³-hybridized carbons (Fsp3) is 0.583. The van der Waals surface area contributed by atoms with Gasteiger partial charge in [-0.15, -0.1) is 11.6 Å². The van der Waals surface area contributed by atoms with Crippen LogP contribution in [0.1, 0.15) is 12.1 Å². The third-order valence-electron chi connectivity index (χ3n) is 2.99. The van der Waals surface area contributed by atoms with E-state index in [2.05, 4.69) is 16.0 Å². The number of alkyl halides is 1. The van der Waals surface area contributed by atoms with Crippen LogP contribution < -0.4 is 4.90 Å². The summed E-state index contributed by atoms with van der Waals surface area (Å²) < 4.78 is 5.19. The highest BCUT2D eigenvalue weighted by atomic mass is 35.5. The minimum atomic E-state index is 0.475. The Labute approximate surface area is 101 Å². The molecule has 1 aromatic heterocycles. The van der Waals surface area contributed by atoms with E-state index < -0.39 is 0 Å². The smallest absolute Gasteiger partial charge is 0.0648 e. The van der Waals surface area contributed by atoms with Crippen LogP contribution in [0, 0.1) is 5.92 Å². The predicted octanol–water partition coefficient (Wildman–Crippen LogP) is 2.29. The van der Waals surface area contributed by atoms with Crippen LogP contribution in [-0.2, 0) is 10.6 Å². The van der Waals surface area contributed by atoms with E-state index in [0.717, 1.165) is 25.4 Å². The fourth-order valence-electron chi connectivity index (χ4n) is 2.17. The summed E-state index contributed by atoms with van der Waals surface area (Å²) in [5, 5.41) is 0. The molecule has 2 rings (SSSR count). The van der Waals surface area contributed by atoms with E-state index in [-0.39, 0.29) is 0 Å². The molecule has 0 aliphatic carbocycles. The summed E-state index contributed by atoms with van der Waals surface area (Å²) in [4.78, 5) is 6.58. The second-order valence-electron chi connectivity index (χ2n) is 4.20. The average molecular weight is 241 g/mol. The first kappa shape index (κ1) is 11.7. The SMILES string of the molecule is COCC1CCN(c2ccnc(CCl)c2)C1. The maximum Gasteiger partial charge on any atom is 0.0648 e. The molecule has 1 saturated heterocycles. The van der Waals surface area contributed by atoms with Gasteiger partial charge in [-0.25, -0.2) is 0 Å². The van der Waals surface area contributed by atoms with E-state index in [1.165, 1.54) is 12.1 Å². The molecule has 1 aromatic rings. The van der Waals surface area contributed by atoms with Gasteiger partial charge in [-0.2, -0.15) is 0 Å². The van der Waals surface area contributed by atoms with Crippen LogP contribution in [0.15, 0.2) is 18.3 Å². The van der Waals surface area contributed by atoms with Crippen molar-refractivity contribution in [3.63, 3.8) is 0 Å². The number of pyridine rings is 1. The Morgan fingerprint density at radius 3 is 3.25 bits per heavy atom. The first-order chi connectivity index (χ1) is 7.83. The number of methoxy groups -OCH3 is 1. The van der Waals surface area contributed by atoms with Gasteiger partial charge in [0.2, 0.25) is 0 Å². The topological polar surface area (TPSA) is 25.4 Å². The predicted molar refractivity (Wildman–Crippen MR) is 66.0 cm³/mol. The Kier molecular flexibility index (Phi) is 4.02. The number of anilines is 1. The molecule has 1 aliphatic heterocycles. The lowest BCUT2D eigenvalue weighted by Gasteiger charge is -2.18. The van der Waals surface area contributed by atoms with Gasteiger partial charge in [0.05, 0.1) is 18.2 Å². The van der Waals surface area contributed by atoms with Crippen molar-refractivity contribution in [3.8, 4) is 0 Å². The molecule has 2 heterocycles. The lowest BCUT2D eigenvalue weighted by molar-refractivity contribution is 0.161. The molecule has 4 heteroatoms. The van der Waals surface area contributed by atoms with Crippen LogP contribution in [0.3, 0.4) is 0 Å². The van der Waals surface area contributed by atoms with Crippen LogP contribution in [0.2, 0.25) is 0 Å². The minimum absolute atomic E-state index is 0.475. The molecule has 0 spiro atoms. The Balaban J connectivity index is 2.02. The molecule has 1 fully saturated rings. The second-order valence-corrected chi connectivity index (χ2v) is 4.46. The van der Waals surface area contributed by atoms with Crippen LogP contribution in [-0.4, -0.2) is 31.8 Å². The summed E-state index contributed by atoms with van der Waals surface area (Å²) in [5.41, 5.74) is 2.17. The number of halogens is 1. The average Bonchev–Trinajstić information content (AvgIpc) is 2.78. The fourth-order valence-corrected chi connectivity index (χ4v) is 2.32. The van der Waals surface area contributed by atoms with Crippen molar-refractivity contribution in [1.82, 2.24) is 4.98 Å². The Hall–Kier alpha value is -0.800. The third-order valence-corrected chi connectivity index (χ3v) is 3.26. The number of nitrogens with zero attached hydrogens (tertiary/aromatic N) is 2. The molecule has 0 radical (unpaired) electrons. The standard InChI is InChI=1S/C12H17ClN2O/c1-16-9-10-3-5-15(8-10)12-2-4-14-11(6-12)7-13/h2,4,6,10H,3,5,7-9H2,1H3. The second kappa shape index (κ2) is 5.51. The van der Waals surface area contributed by atoms with Crippen LogP contribution in [0.5, 0.6) is 0 Å². The molecule has 1 unspecified atom stereocenters. The minimum Gasteiger partial charge on any atom is -0.384 e. The first-order valence-electron chi connectivity index (χ1n) is 5.58. The van der Waals surface area contributed by atoms with Crippen molar-refractivity contribution in [3.05, 3.63) is 24.0 Å². The summed E-state index contributed by atoms with van der Waals surface area (Å²) in [5.74, 6) is 1.13. The molecule has 0 saturated carbocycles. The lowest BCUT2D eigenvalue weighted by Crippen LogP contribution is -2.21. The summed E-state index contributed by atoms with van der Waals surface area (Å²) >= 11 is 5.78. The Bertz CT molecular complexity index is 346. The quantitative estimate of drug-likeness (QED) is 0.756. The molecule has 1 aliphatic rings. The molecule has 3 nitrogen and oxygen atoms in total. The van der Waals surface area contributed by atoms with E-state index in [1.807, 2.05) is 12.3 Å². The summed E-state index contributed by atoms with van der Waals surface area (Å²) in [6, 6.07) is 4.12. The highest BCUT2D eigenvalue weighted by molar-refractivity contribution is 6.16. The lowest BCUT2D eigenvalue weighted by atomic mass is 10.1. The molecule has 0 N–H and O–H groups in total.